The van der Waals surface area contributed by atoms with E-state index in [0.717, 1.165) is 24.3 Å². The number of ketones is 1. The molecule has 0 amide bonds. The summed E-state index contributed by atoms with van der Waals surface area (Å²) < 4.78 is 5.54. The van der Waals surface area contributed by atoms with E-state index in [1.807, 2.05) is 19.1 Å². The van der Waals surface area contributed by atoms with Crippen LogP contribution in [0.3, 0.4) is 0 Å². The molecule has 2 nitrogen and oxygen atoms in total. The Hall–Kier alpha value is -0.670. The smallest absolute Gasteiger partial charge is 0.172 e. The van der Waals surface area contributed by atoms with Gasteiger partial charge in [0.1, 0.15) is 0 Å². The lowest BCUT2D eigenvalue weighted by Crippen LogP contribution is -2.06. The highest BCUT2D eigenvalue weighted by molar-refractivity contribution is 7.14. The van der Waals surface area contributed by atoms with Crippen LogP contribution in [0.5, 0.6) is 0 Å². The number of thiophene rings is 1. The third-order valence-corrected chi connectivity index (χ3v) is 4.01. The molecule has 1 saturated heterocycles. The number of hydrogen-bond acceptors (Lipinski definition) is 3. The SMILES string of the molecule is Cc1ccc(C(=O)CCCC2CCCO2)s1. The second-order valence-electron chi connectivity index (χ2n) is 4.36. The van der Waals surface area contributed by atoms with E-state index in [4.69, 9.17) is 4.74 Å². The van der Waals surface area contributed by atoms with E-state index in [2.05, 4.69) is 0 Å². The van der Waals surface area contributed by atoms with Crippen LogP contribution < -0.4 is 0 Å². The van der Waals surface area contributed by atoms with Crippen LogP contribution in [0.1, 0.15) is 46.7 Å². The molecule has 1 aliphatic heterocycles. The van der Waals surface area contributed by atoms with E-state index < -0.39 is 0 Å². The molecule has 0 spiro atoms. The van der Waals surface area contributed by atoms with Crippen molar-refractivity contribution in [3.63, 3.8) is 0 Å². The third-order valence-electron chi connectivity index (χ3n) is 2.97. The van der Waals surface area contributed by atoms with Crippen LogP contribution in [0.2, 0.25) is 0 Å². The van der Waals surface area contributed by atoms with Gasteiger partial charge < -0.3 is 4.74 Å². The van der Waals surface area contributed by atoms with E-state index in [1.54, 1.807) is 11.3 Å². The molecule has 2 rings (SSSR count). The van der Waals surface area contributed by atoms with Crippen LogP contribution in [0.15, 0.2) is 12.1 Å². The number of hydrogen-bond donors (Lipinski definition) is 0. The van der Waals surface area contributed by atoms with Gasteiger partial charge in [0.25, 0.3) is 0 Å². The molecular formula is C13H18O2S. The minimum Gasteiger partial charge on any atom is -0.378 e. The highest BCUT2D eigenvalue weighted by Gasteiger charge is 2.16. The van der Waals surface area contributed by atoms with Gasteiger partial charge in [-0.25, -0.2) is 0 Å². The van der Waals surface area contributed by atoms with E-state index >= 15 is 0 Å². The van der Waals surface area contributed by atoms with Crippen LogP contribution in [0, 0.1) is 6.92 Å². The number of rotatable bonds is 5. The first-order chi connectivity index (χ1) is 7.75. The fourth-order valence-corrected chi connectivity index (χ4v) is 2.90. The minimum atomic E-state index is 0.288. The Kier molecular flexibility index (Phi) is 4.13. The van der Waals surface area contributed by atoms with Crippen molar-refractivity contribution in [1.29, 1.82) is 0 Å². The van der Waals surface area contributed by atoms with Crippen molar-refractivity contribution in [2.45, 2.75) is 45.1 Å². The summed E-state index contributed by atoms with van der Waals surface area (Å²) in [7, 11) is 0. The molecule has 16 heavy (non-hydrogen) atoms. The number of ether oxygens (including phenoxy) is 1. The molecular weight excluding hydrogens is 220 g/mol. The molecule has 1 aromatic heterocycles. The van der Waals surface area contributed by atoms with E-state index in [0.29, 0.717) is 12.5 Å². The molecule has 0 N–H and O–H groups in total. The molecule has 0 aromatic carbocycles. The Labute approximate surface area is 101 Å². The average Bonchev–Trinajstić information content (AvgIpc) is 2.89. The molecule has 0 saturated carbocycles. The molecule has 0 radical (unpaired) electrons. The Morgan fingerprint density at radius 3 is 3.06 bits per heavy atom. The molecule has 1 unspecified atom stereocenters. The number of aryl methyl sites for hydroxylation is 1. The molecule has 1 aliphatic rings. The van der Waals surface area contributed by atoms with Crippen molar-refractivity contribution in [3.05, 3.63) is 21.9 Å². The largest absolute Gasteiger partial charge is 0.378 e. The Morgan fingerprint density at radius 2 is 2.44 bits per heavy atom. The number of carbonyl (C=O) groups excluding carboxylic acids is 1. The molecule has 3 heteroatoms. The van der Waals surface area contributed by atoms with Crippen molar-refractivity contribution in [2.24, 2.45) is 0 Å². The summed E-state index contributed by atoms with van der Waals surface area (Å²) in [6.07, 6.45) is 5.43. The lowest BCUT2D eigenvalue weighted by atomic mass is 10.1. The fraction of sp³-hybridized carbons (Fsp3) is 0.615. The maximum Gasteiger partial charge on any atom is 0.172 e. The molecule has 88 valence electrons. The Bertz CT molecular complexity index is 351. The first kappa shape index (κ1) is 11.8. The van der Waals surface area contributed by atoms with Crippen LogP contribution in [-0.4, -0.2) is 18.5 Å². The van der Waals surface area contributed by atoms with Gasteiger partial charge in [-0.3, -0.25) is 4.79 Å². The highest BCUT2D eigenvalue weighted by atomic mass is 32.1. The van der Waals surface area contributed by atoms with Crippen LogP contribution in [-0.2, 0) is 4.74 Å². The summed E-state index contributed by atoms with van der Waals surface area (Å²) in [5.74, 6) is 0.288. The maximum atomic E-state index is 11.8. The Morgan fingerprint density at radius 1 is 1.56 bits per heavy atom. The van der Waals surface area contributed by atoms with Crippen molar-refractivity contribution in [2.75, 3.05) is 6.61 Å². The van der Waals surface area contributed by atoms with Gasteiger partial charge in [0.15, 0.2) is 5.78 Å². The quantitative estimate of drug-likeness (QED) is 0.733. The zero-order valence-electron chi connectivity index (χ0n) is 9.70. The average molecular weight is 238 g/mol. The summed E-state index contributed by atoms with van der Waals surface area (Å²) in [5.41, 5.74) is 0. The zero-order valence-corrected chi connectivity index (χ0v) is 10.5. The maximum absolute atomic E-state index is 11.8. The minimum absolute atomic E-state index is 0.288. The summed E-state index contributed by atoms with van der Waals surface area (Å²) in [4.78, 5) is 13.9. The summed E-state index contributed by atoms with van der Waals surface area (Å²) in [6, 6.07) is 3.95. The predicted octanol–water partition coefficient (Wildman–Crippen LogP) is 3.59. The monoisotopic (exact) mass is 238 g/mol. The lowest BCUT2D eigenvalue weighted by molar-refractivity contribution is 0.0925. The van der Waals surface area contributed by atoms with Crippen molar-refractivity contribution < 1.29 is 9.53 Å². The Balaban J connectivity index is 1.71. The van der Waals surface area contributed by atoms with Gasteiger partial charge in [-0.05, 0) is 44.7 Å². The molecule has 1 atom stereocenters. The lowest BCUT2D eigenvalue weighted by Gasteiger charge is -2.07. The van der Waals surface area contributed by atoms with Crippen molar-refractivity contribution >= 4 is 17.1 Å². The molecule has 1 fully saturated rings. The second kappa shape index (κ2) is 5.60. The van der Waals surface area contributed by atoms with Gasteiger partial charge in [-0.15, -0.1) is 11.3 Å². The number of Topliss-reactive ketones (excluding diaryl/α,β-unsaturated/α-hetero) is 1. The van der Waals surface area contributed by atoms with Crippen molar-refractivity contribution in [3.8, 4) is 0 Å². The second-order valence-corrected chi connectivity index (χ2v) is 5.65. The molecule has 0 bridgehead atoms. The van der Waals surface area contributed by atoms with Gasteiger partial charge in [-0.1, -0.05) is 0 Å². The van der Waals surface area contributed by atoms with Crippen LogP contribution in [0.4, 0.5) is 0 Å². The van der Waals surface area contributed by atoms with E-state index in [1.165, 1.54) is 17.7 Å². The van der Waals surface area contributed by atoms with Gasteiger partial charge in [-0.2, -0.15) is 0 Å². The van der Waals surface area contributed by atoms with E-state index in [9.17, 15) is 4.79 Å². The fourth-order valence-electron chi connectivity index (χ4n) is 2.07. The molecule has 0 aliphatic carbocycles. The number of carbonyl (C=O) groups is 1. The topological polar surface area (TPSA) is 26.3 Å². The molecule has 1 aromatic rings. The summed E-state index contributed by atoms with van der Waals surface area (Å²) >= 11 is 1.60. The predicted molar refractivity (Wildman–Crippen MR) is 66.2 cm³/mol. The first-order valence-corrected chi connectivity index (χ1v) is 6.78. The highest BCUT2D eigenvalue weighted by Crippen LogP contribution is 2.21. The normalized spacial score (nSPS) is 20.2. The summed E-state index contributed by atoms with van der Waals surface area (Å²) in [5, 5.41) is 0. The van der Waals surface area contributed by atoms with Gasteiger partial charge >= 0.3 is 0 Å². The van der Waals surface area contributed by atoms with Gasteiger partial charge in [0.05, 0.1) is 11.0 Å². The van der Waals surface area contributed by atoms with Crippen molar-refractivity contribution in [1.82, 2.24) is 0 Å². The third kappa shape index (κ3) is 3.16. The van der Waals surface area contributed by atoms with Gasteiger partial charge in [0, 0.05) is 17.9 Å². The van der Waals surface area contributed by atoms with E-state index in [-0.39, 0.29) is 5.78 Å². The standard InChI is InChI=1S/C13H18O2S/c1-10-7-8-13(16-10)12(14)6-2-4-11-5-3-9-15-11/h7-8,11H,2-6,9H2,1H3. The molecule has 2 heterocycles. The summed E-state index contributed by atoms with van der Waals surface area (Å²) in [6.45, 7) is 2.94. The first-order valence-electron chi connectivity index (χ1n) is 5.97. The zero-order chi connectivity index (χ0) is 11.4. The van der Waals surface area contributed by atoms with Gasteiger partial charge in [0.2, 0.25) is 0 Å². The van der Waals surface area contributed by atoms with Crippen LogP contribution in [0.25, 0.3) is 0 Å². The van der Waals surface area contributed by atoms with Crippen LogP contribution >= 0.6 is 11.3 Å².